The molecule has 2 aliphatic carbocycles. The number of benzene rings is 2. The van der Waals surface area contributed by atoms with Gasteiger partial charge in [0.25, 0.3) is 0 Å². The Bertz CT molecular complexity index is 1850. The second-order valence-electron chi connectivity index (χ2n) is 14.3. The van der Waals surface area contributed by atoms with Crippen LogP contribution in [0, 0.1) is 11.3 Å². The molecular weight excluding hydrogens is 674 g/mol. The van der Waals surface area contributed by atoms with E-state index in [1.807, 2.05) is 0 Å². The van der Waals surface area contributed by atoms with Gasteiger partial charge in [0.2, 0.25) is 0 Å². The number of fused-ring (bicyclic) bond motifs is 1. The predicted octanol–water partition coefficient (Wildman–Crippen LogP) is 4.26. The quantitative estimate of drug-likeness (QED) is 0.259. The van der Waals surface area contributed by atoms with E-state index in [4.69, 9.17) is 28.4 Å². The Morgan fingerprint density at radius 3 is 1.73 bits per heavy atom. The Labute approximate surface area is 300 Å². The van der Waals surface area contributed by atoms with Gasteiger partial charge in [0.15, 0.2) is 23.9 Å². The average Bonchev–Trinajstić information content (AvgIpc) is 3.29. The first-order valence-electron chi connectivity index (χ1n) is 16.9. The van der Waals surface area contributed by atoms with E-state index in [1.54, 1.807) is 69.3 Å². The van der Waals surface area contributed by atoms with Gasteiger partial charge in [-0.05, 0) is 70.5 Å². The van der Waals surface area contributed by atoms with E-state index in [0.29, 0.717) is 0 Å². The van der Waals surface area contributed by atoms with Gasteiger partial charge in [0.05, 0.1) is 27.7 Å². The van der Waals surface area contributed by atoms with E-state index < -0.39 is 88.5 Å². The molecule has 1 aliphatic heterocycles. The number of aliphatic hydroxyl groups is 1. The first-order chi connectivity index (χ1) is 24.5. The van der Waals surface area contributed by atoms with Gasteiger partial charge in [-0.2, -0.15) is 0 Å². The minimum absolute atomic E-state index is 0.00364. The average molecular weight is 716 g/mol. The summed E-state index contributed by atoms with van der Waals surface area (Å²) >= 11 is 0. The zero-order valence-corrected chi connectivity index (χ0v) is 29.6. The molecule has 13 nitrogen and oxygen atoms in total. The molecule has 3 aliphatic rings. The fourth-order valence-corrected chi connectivity index (χ4v) is 8.49. The van der Waals surface area contributed by atoms with Crippen LogP contribution in [0.15, 0.2) is 85.2 Å². The summed E-state index contributed by atoms with van der Waals surface area (Å²) in [6, 6.07) is 19.2. The lowest BCUT2D eigenvalue weighted by Crippen LogP contribution is -2.86. The molecule has 1 saturated heterocycles. The van der Waals surface area contributed by atoms with Crippen molar-refractivity contribution < 1.29 is 57.5 Å². The highest BCUT2D eigenvalue weighted by molar-refractivity contribution is 5.91. The number of nitrogens with zero attached hydrogens (tertiary/aromatic N) is 1. The third kappa shape index (κ3) is 5.91. The van der Waals surface area contributed by atoms with E-state index in [9.17, 15) is 29.1 Å². The van der Waals surface area contributed by atoms with E-state index in [2.05, 4.69) is 4.98 Å². The van der Waals surface area contributed by atoms with E-state index in [1.165, 1.54) is 50.5 Å². The van der Waals surface area contributed by atoms with Crippen molar-refractivity contribution in [3.63, 3.8) is 0 Å². The van der Waals surface area contributed by atoms with Crippen LogP contribution >= 0.6 is 0 Å². The van der Waals surface area contributed by atoms with E-state index in [-0.39, 0.29) is 23.1 Å². The molecule has 6 rings (SSSR count). The monoisotopic (exact) mass is 715 g/mol. The fraction of sp³-hybridized carbons (Fsp3) is 0.436. The number of esters is 5. The topological polar surface area (TPSA) is 174 Å². The molecule has 2 aromatic carbocycles. The molecule has 2 saturated carbocycles. The molecule has 3 aromatic rings. The van der Waals surface area contributed by atoms with Crippen LogP contribution in [0.25, 0.3) is 0 Å². The molecular formula is C39H41NO12. The number of pyridine rings is 1. The number of rotatable bonds is 8. The third-order valence-corrected chi connectivity index (χ3v) is 10.7. The highest BCUT2D eigenvalue weighted by Crippen LogP contribution is 2.69. The van der Waals surface area contributed by atoms with Crippen molar-refractivity contribution in [3.05, 3.63) is 102 Å². The van der Waals surface area contributed by atoms with Crippen LogP contribution in [0.2, 0.25) is 0 Å². The van der Waals surface area contributed by atoms with Crippen molar-refractivity contribution >= 4 is 29.8 Å². The van der Waals surface area contributed by atoms with Gasteiger partial charge < -0.3 is 33.5 Å². The normalized spacial score (nSPS) is 32.8. The molecule has 2 bridgehead atoms. The Hall–Kier alpha value is -5.14. The first-order valence-corrected chi connectivity index (χ1v) is 16.9. The maximum atomic E-state index is 14.0. The molecule has 52 heavy (non-hydrogen) atoms. The van der Waals surface area contributed by atoms with Crippen LogP contribution in [0.3, 0.4) is 0 Å². The summed E-state index contributed by atoms with van der Waals surface area (Å²) in [6.45, 7) is 8.67. The highest BCUT2D eigenvalue weighted by Gasteiger charge is 2.87. The number of ether oxygens (including phenoxy) is 6. The minimum atomic E-state index is -2.40. The lowest BCUT2D eigenvalue weighted by Gasteiger charge is -2.66. The van der Waals surface area contributed by atoms with Gasteiger partial charge in [0.1, 0.15) is 17.8 Å². The van der Waals surface area contributed by atoms with Crippen LogP contribution in [-0.2, 0) is 38.0 Å². The molecule has 13 heteroatoms. The van der Waals surface area contributed by atoms with Gasteiger partial charge in [0, 0.05) is 32.2 Å². The van der Waals surface area contributed by atoms with E-state index in [0.717, 1.165) is 6.92 Å². The maximum absolute atomic E-state index is 14.0. The Balaban J connectivity index is 1.61. The van der Waals surface area contributed by atoms with Crippen molar-refractivity contribution in [2.45, 2.75) is 95.3 Å². The number of carbonyl (C=O) groups is 5. The Morgan fingerprint density at radius 1 is 0.673 bits per heavy atom. The summed E-state index contributed by atoms with van der Waals surface area (Å²) in [4.78, 5) is 71.4. The molecule has 0 unspecified atom stereocenters. The van der Waals surface area contributed by atoms with Crippen LogP contribution in [0.1, 0.15) is 79.0 Å². The van der Waals surface area contributed by atoms with Crippen LogP contribution in [0.5, 0.6) is 0 Å². The van der Waals surface area contributed by atoms with Crippen LogP contribution < -0.4 is 0 Å². The number of carbonyl (C=O) groups excluding carboxylic acids is 5. The lowest BCUT2D eigenvalue weighted by atomic mass is 9.46. The summed E-state index contributed by atoms with van der Waals surface area (Å²) in [5.41, 5.74) is -7.25. The van der Waals surface area contributed by atoms with Crippen molar-refractivity contribution in [3.8, 4) is 0 Å². The molecule has 2 heterocycles. The summed E-state index contributed by atoms with van der Waals surface area (Å²) < 4.78 is 37.5. The summed E-state index contributed by atoms with van der Waals surface area (Å²) in [6.07, 6.45) is -4.98. The molecule has 0 radical (unpaired) electrons. The van der Waals surface area contributed by atoms with Crippen molar-refractivity contribution in [2.24, 2.45) is 11.3 Å². The SMILES string of the molecule is CC(=O)O[C@H]1[C@H](OC(=O)c2ccccc2)[C@@]2(C)[C@@H](OC(=O)c3ccccc3)C[C@@H]3[C@@H](OC(C)=O)[C@]2(OC3(C)C)[C@](C)(O)[C@H]1OC(=O)c1cccnc1. The standard InChI is InChI=1S/C39H41NO12/c1-22(41)47-29-31(50-34(44)25-16-11-8-12-17-25)37(5)28(49-33(43)24-14-9-7-10-15-24)20-27-30(48-23(2)42)39(37,52-36(27,3)4)38(6,46)32(29)51-35(45)26-18-13-19-40-21-26/h7-19,21,27-32,46H,20H2,1-6H3/t27-,28+,29+,30-,31+,32+,37-,38-,39-/m1/s1. The molecule has 0 amide bonds. The second kappa shape index (κ2) is 13.4. The first kappa shape index (κ1) is 36.6. The van der Waals surface area contributed by atoms with Gasteiger partial charge in [-0.1, -0.05) is 36.4 Å². The van der Waals surface area contributed by atoms with Gasteiger partial charge >= 0.3 is 29.8 Å². The highest BCUT2D eigenvalue weighted by atomic mass is 16.7. The Morgan fingerprint density at radius 2 is 1.19 bits per heavy atom. The second-order valence-corrected chi connectivity index (χ2v) is 14.3. The van der Waals surface area contributed by atoms with Gasteiger partial charge in [-0.15, -0.1) is 0 Å². The summed E-state index contributed by atoms with van der Waals surface area (Å²) in [5.74, 6) is -4.84. The van der Waals surface area contributed by atoms with Crippen LogP contribution in [0.4, 0.5) is 0 Å². The number of hydrogen-bond donors (Lipinski definition) is 1. The smallest absolute Gasteiger partial charge is 0.340 e. The van der Waals surface area contributed by atoms with Crippen molar-refractivity contribution in [1.82, 2.24) is 4.98 Å². The number of hydrogen-bond acceptors (Lipinski definition) is 13. The molecule has 1 N–H and O–H groups in total. The molecule has 1 spiro atoms. The molecule has 1 aromatic heterocycles. The lowest BCUT2D eigenvalue weighted by molar-refractivity contribution is -0.366. The van der Waals surface area contributed by atoms with Crippen molar-refractivity contribution in [2.75, 3.05) is 0 Å². The summed E-state index contributed by atoms with van der Waals surface area (Å²) in [7, 11) is 0. The summed E-state index contributed by atoms with van der Waals surface area (Å²) in [5, 5.41) is 13.1. The number of aromatic nitrogens is 1. The molecule has 3 fully saturated rings. The van der Waals surface area contributed by atoms with Gasteiger partial charge in [-0.3, -0.25) is 14.6 Å². The predicted molar refractivity (Wildman–Crippen MR) is 181 cm³/mol. The fourth-order valence-electron chi connectivity index (χ4n) is 8.49. The molecule has 274 valence electrons. The third-order valence-electron chi connectivity index (χ3n) is 10.7. The zero-order chi connectivity index (χ0) is 37.6. The van der Waals surface area contributed by atoms with Crippen molar-refractivity contribution in [1.29, 1.82) is 0 Å². The largest absolute Gasteiger partial charge is 0.459 e. The Kier molecular flexibility index (Phi) is 9.47. The van der Waals surface area contributed by atoms with Gasteiger partial charge in [-0.25, -0.2) is 14.4 Å². The van der Waals surface area contributed by atoms with E-state index >= 15 is 0 Å². The molecule has 9 atom stereocenters. The maximum Gasteiger partial charge on any atom is 0.340 e. The van der Waals surface area contributed by atoms with Crippen LogP contribution in [-0.4, -0.2) is 87.3 Å². The minimum Gasteiger partial charge on any atom is -0.459 e. The zero-order valence-electron chi connectivity index (χ0n) is 29.6.